The van der Waals surface area contributed by atoms with Crippen molar-refractivity contribution in [1.82, 2.24) is 0 Å². The Bertz CT molecular complexity index is 195. The van der Waals surface area contributed by atoms with Crippen LogP contribution in [0, 0.1) is 0 Å². The van der Waals surface area contributed by atoms with Crippen molar-refractivity contribution in [3.05, 3.63) is 0 Å². The Morgan fingerprint density at radius 3 is 1.55 bits per heavy atom. The largest absolute Gasteiger partial charge is 0.379 e. The average Bonchev–Trinajstić information content (AvgIpc) is 2.50. The molecule has 0 aromatic carbocycles. The Hall–Kier alpha value is -0.120. The Balaban J connectivity index is 2.94. The second-order valence-corrected chi connectivity index (χ2v) is 6.33. The van der Waals surface area contributed by atoms with Crippen LogP contribution in [0.15, 0.2) is 0 Å². The van der Waals surface area contributed by atoms with Gasteiger partial charge in [-0.25, -0.2) is 0 Å². The highest BCUT2D eigenvalue weighted by atomic mass is 16.5. The van der Waals surface area contributed by atoms with E-state index >= 15 is 0 Å². The maximum atomic E-state index is 5.57. The van der Waals surface area contributed by atoms with Gasteiger partial charge in [0.2, 0.25) is 0 Å². The van der Waals surface area contributed by atoms with E-state index in [-0.39, 0.29) is 6.10 Å². The third-order valence-electron chi connectivity index (χ3n) is 3.69. The molecule has 134 valence electrons. The maximum Gasteiger partial charge on any atom is 0.0703 e. The maximum absolute atomic E-state index is 5.57. The SMILES string of the molecule is CCCCCCCCCCCCOCCOCCOC(C)C. The van der Waals surface area contributed by atoms with Crippen LogP contribution in [0.5, 0.6) is 0 Å². The van der Waals surface area contributed by atoms with Crippen LogP contribution in [0.3, 0.4) is 0 Å². The average molecular weight is 317 g/mol. The normalized spacial score (nSPS) is 11.5. The monoisotopic (exact) mass is 316 g/mol. The molecule has 0 fully saturated rings. The first-order valence-corrected chi connectivity index (χ1v) is 9.54. The topological polar surface area (TPSA) is 27.7 Å². The molecule has 0 heterocycles. The molecule has 0 saturated carbocycles. The van der Waals surface area contributed by atoms with Gasteiger partial charge in [-0.1, -0.05) is 64.7 Å². The Kier molecular flexibility index (Phi) is 18.8. The smallest absolute Gasteiger partial charge is 0.0703 e. The minimum atomic E-state index is 0.288. The minimum absolute atomic E-state index is 0.288. The lowest BCUT2D eigenvalue weighted by molar-refractivity contribution is -0.00185. The summed E-state index contributed by atoms with van der Waals surface area (Å²) in [5, 5.41) is 0. The zero-order chi connectivity index (χ0) is 16.3. The van der Waals surface area contributed by atoms with Crippen molar-refractivity contribution in [1.29, 1.82) is 0 Å². The van der Waals surface area contributed by atoms with Gasteiger partial charge in [0.25, 0.3) is 0 Å². The van der Waals surface area contributed by atoms with Crippen LogP contribution < -0.4 is 0 Å². The van der Waals surface area contributed by atoms with Crippen LogP contribution in [-0.4, -0.2) is 39.1 Å². The summed E-state index contributed by atoms with van der Waals surface area (Å²) in [5.74, 6) is 0. The summed E-state index contributed by atoms with van der Waals surface area (Å²) in [6, 6.07) is 0. The van der Waals surface area contributed by atoms with E-state index in [4.69, 9.17) is 14.2 Å². The van der Waals surface area contributed by atoms with E-state index in [0.717, 1.165) is 6.61 Å². The van der Waals surface area contributed by atoms with Crippen LogP contribution in [-0.2, 0) is 14.2 Å². The quantitative estimate of drug-likeness (QED) is 0.318. The lowest BCUT2D eigenvalue weighted by atomic mass is 10.1. The molecule has 0 amide bonds. The number of unbranched alkanes of at least 4 members (excludes halogenated alkanes) is 9. The van der Waals surface area contributed by atoms with Crippen molar-refractivity contribution in [3.63, 3.8) is 0 Å². The van der Waals surface area contributed by atoms with Crippen molar-refractivity contribution in [2.24, 2.45) is 0 Å². The predicted octanol–water partition coefficient (Wildman–Crippen LogP) is 5.37. The van der Waals surface area contributed by atoms with Gasteiger partial charge in [-0.05, 0) is 20.3 Å². The summed E-state index contributed by atoms with van der Waals surface area (Å²) < 4.78 is 16.4. The van der Waals surface area contributed by atoms with E-state index in [9.17, 15) is 0 Å². The molecule has 0 aromatic rings. The molecule has 0 saturated heterocycles. The lowest BCUT2D eigenvalue weighted by Crippen LogP contribution is -2.12. The molecule has 0 atom stereocenters. The number of ether oxygens (including phenoxy) is 3. The van der Waals surface area contributed by atoms with Gasteiger partial charge in [0.05, 0.1) is 32.5 Å². The fraction of sp³-hybridized carbons (Fsp3) is 1.00. The third kappa shape index (κ3) is 19.9. The van der Waals surface area contributed by atoms with Crippen molar-refractivity contribution >= 4 is 0 Å². The van der Waals surface area contributed by atoms with E-state index in [0.29, 0.717) is 26.4 Å². The van der Waals surface area contributed by atoms with E-state index < -0.39 is 0 Å². The molecule has 3 heteroatoms. The minimum Gasteiger partial charge on any atom is -0.379 e. The predicted molar refractivity (Wildman–Crippen MR) is 94.6 cm³/mol. The third-order valence-corrected chi connectivity index (χ3v) is 3.69. The molecule has 0 aliphatic heterocycles. The Morgan fingerprint density at radius 2 is 1.00 bits per heavy atom. The summed E-state index contributed by atoms with van der Waals surface area (Å²) in [7, 11) is 0. The molecule has 22 heavy (non-hydrogen) atoms. The Labute approximate surface area is 139 Å². The summed E-state index contributed by atoms with van der Waals surface area (Å²) in [6.07, 6.45) is 14.0. The molecule has 0 radical (unpaired) electrons. The van der Waals surface area contributed by atoms with E-state index in [1.807, 2.05) is 13.8 Å². The molecule has 0 aromatic heterocycles. The molecule has 0 aliphatic rings. The van der Waals surface area contributed by atoms with Crippen molar-refractivity contribution in [2.45, 2.75) is 91.1 Å². The molecule has 0 rings (SSSR count). The first kappa shape index (κ1) is 21.9. The number of hydrogen-bond acceptors (Lipinski definition) is 3. The fourth-order valence-corrected chi connectivity index (χ4v) is 2.36. The van der Waals surface area contributed by atoms with Crippen LogP contribution in [0.25, 0.3) is 0 Å². The van der Waals surface area contributed by atoms with Crippen LogP contribution in [0.2, 0.25) is 0 Å². The highest BCUT2D eigenvalue weighted by molar-refractivity contribution is 4.47. The van der Waals surface area contributed by atoms with E-state index in [1.165, 1.54) is 64.2 Å². The van der Waals surface area contributed by atoms with Crippen molar-refractivity contribution < 1.29 is 14.2 Å². The van der Waals surface area contributed by atoms with Gasteiger partial charge in [-0.3, -0.25) is 0 Å². The van der Waals surface area contributed by atoms with Gasteiger partial charge in [-0.2, -0.15) is 0 Å². The second-order valence-electron chi connectivity index (χ2n) is 6.33. The van der Waals surface area contributed by atoms with Crippen molar-refractivity contribution in [2.75, 3.05) is 33.0 Å². The van der Waals surface area contributed by atoms with Crippen molar-refractivity contribution in [3.8, 4) is 0 Å². The summed E-state index contributed by atoms with van der Waals surface area (Å²) in [4.78, 5) is 0. The van der Waals surface area contributed by atoms with Crippen LogP contribution >= 0.6 is 0 Å². The van der Waals surface area contributed by atoms with Gasteiger partial charge in [0, 0.05) is 6.61 Å². The van der Waals surface area contributed by atoms with Gasteiger partial charge >= 0.3 is 0 Å². The van der Waals surface area contributed by atoms with Gasteiger partial charge in [0.1, 0.15) is 0 Å². The molecular formula is C19H40O3. The zero-order valence-electron chi connectivity index (χ0n) is 15.4. The second kappa shape index (κ2) is 18.9. The Morgan fingerprint density at radius 1 is 0.545 bits per heavy atom. The van der Waals surface area contributed by atoms with E-state index in [1.54, 1.807) is 0 Å². The first-order valence-electron chi connectivity index (χ1n) is 9.54. The molecule has 0 unspecified atom stereocenters. The standard InChI is InChI=1S/C19H40O3/c1-4-5-6-7-8-9-10-11-12-13-14-20-15-16-21-17-18-22-19(2)3/h19H,4-18H2,1-3H3. The molecular weight excluding hydrogens is 276 g/mol. The zero-order valence-corrected chi connectivity index (χ0v) is 15.4. The van der Waals surface area contributed by atoms with Crippen LogP contribution in [0.1, 0.15) is 85.0 Å². The van der Waals surface area contributed by atoms with Gasteiger partial charge < -0.3 is 14.2 Å². The van der Waals surface area contributed by atoms with E-state index in [2.05, 4.69) is 6.92 Å². The first-order chi connectivity index (χ1) is 10.8. The number of rotatable bonds is 18. The van der Waals surface area contributed by atoms with Crippen LogP contribution in [0.4, 0.5) is 0 Å². The molecule has 0 N–H and O–H groups in total. The summed E-state index contributed by atoms with van der Waals surface area (Å²) >= 11 is 0. The highest BCUT2D eigenvalue weighted by Gasteiger charge is 1.95. The lowest BCUT2D eigenvalue weighted by Gasteiger charge is -2.08. The van der Waals surface area contributed by atoms with Gasteiger partial charge in [-0.15, -0.1) is 0 Å². The molecule has 0 aliphatic carbocycles. The van der Waals surface area contributed by atoms with Gasteiger partial charge in [0.15, 0.2) is 0 Å². The molecule has 0 bridgehead atoms. The highest BCUT2D eigenvalue weighted by Crippen LogP contribution is 2.10. The molecule has 3 nitrogen and oxygen atoms in total. The molecule has 0 spiro atoms. The fourth-order valence-electron chi connectivity index (χ4n) is 2.36. The summed E-state index contributed by atoms with van der Waals surface area (Å²) in [5.41, 5.74) is 0. The summed E-state index contributed by atoms with van der Waals surface area (Å²) in [6.45, 7) is 9.96. The number of hydrogen-bond donors (Lipinski definition) is 0.